The molecule has 9 nitrogen and oxygen atoms in total. The van der Waals surface area contributed by atoms with Gasteiger partial charge in [-0.2, -0.15) is 9.46 Å². The van der Waals surface area contributed by atoms with Crippen molar-refractivity contribution in [3.05, 3.63) is 107 Å². The van der Waals surface area contributed by atoms with E-state index in [0.29, 0.717) is 40.4 Å². The molecule has 2 aromatic carbocycles. The summed E-state index contributed by atoms with van der Waals surface area (Å²) in [5, 5.41) is 7.15. The van der Waals surface area contributed by atoms with Gasteiger partial charge < -0.3 is 9.74 Å². The molecule has 0 aliphatic rings. The minimum absolute atomic E-state index is 0.0627. The van der Waals surface area contributed by atoms with Gasteiger partial charge in [0.05, 0.1) is 21.0 Å². The van der Waals surface area contributed by atoms with Crippen molar-refractivity contribution in [2.75, 3.05) is 17.7 Å². The summed E-state index contributed by atoms with van der Waals surface area (Å²) in [6, 6.07) is 19.4. The first-order chi connectivity index (χ1) is 21.7. The lowest BCUT2D eigenvalue weighted by Crippen LogP contribution is -2.41. The van der Waals surface area contributed by atoms with E-state index in [4.69, 9.17) is 4.43 Å². The third kappa shape index (κ3) is 8.87. The van der Waals surface area contributed by atoms with E-state index in [1.165, 1.54) is 10.9 Å². The number of rotatable bonds is 9. The molecular formula is C35H41N5O4SSi. The second kappa shape index (κ2) is 14.4. The lowest BCUT2D eigenvalue weighted by atomic mass is 10.1. The van der Waals surface area contributed by atoms with Crippen LogP contribution >= 0.6 is 0 Å². The molecule has 0 spiro atoms. The van der Waals surface area contributed by atoms with E-state index >= 15 is 0 Å². The molecule has 1 atom stereocenters. The van der Waals surface area contributed by atoms with Crippen molar-refractivity contribution in [1.29, 1.82) is 0 Å². The van der Waals surface area contributed by atoms with Gasteiger partial charge in [0.15, 0.2) is 8.32 Å². The van der Waals surface area contributed by atoms with Crippen LogP contribution in [-0.2, 0) is 21.2 Å². The number of nitrogens with zero attached hydrogens (tertiary/aromatic N) is 4. The van der Waals surface area contributed by atoms with Crippen molar-refractivity contribution in [3.63, 3.8) is 0 Å². The number of aromatic nitrogens is 3. The molecule has 1 unspecified atom stereocenters. The molecule has 0 fully saturated rings. The van der Waals surface area contributed by atoms with Gasteiger partial charge in [-0.05, 0) is 73.9 Å². The molecule has 4 rings (SSSR count). The average molecular weight is 656 g/mol. The van der Waals surface area contributed by atoms with Crippen LogP contribution in [-0.4, -0.2) is 51.5 Å². The highest BCUT2D eigenvalue weighted by Crippen LogP contribution is 2.36. The van der Waals surface area contributed by atoms with Crippen LogP contribution in [0.4, 0.5) is 5.69 Å². The number of amides is 2. The Balaban J connectivity index is 1.51. The van der Waals surface area contributed by atoms with Crippen LogP contribution in [0, 0.1) is 18.8 Å². The molecule has 2 heterocycles. The molecule has 0 aliphatic carbocycles. The molecule has 11 heteroatoms. The normalized spacial score (nSPS) is 12.8. The van der Waals surface area contributed by atoms with Crippen LogP contribution in [0.3, 0.4) is 0 Å². The van der Waals surface area contributed by atoms with Gasteiger partial charge in [-0.3, -0.25) is 19.3 Å². The smallest absolute Gasteiger partial charge is 0.286 e. The lowest BCUT2D eigenvalue weighted by Gasteiger charge is -2.36. The van der Waals surface area contributed by atoms with Gasteiger partial charge in [-0.15, -0.1) is 0 Å². The third-order valence-electron chi connectivity index (χ3n) is 7.87. The molecule has 1 N–H and O–H groups in total. The molecule has 4 aromatic rings. The van der Waals surface area contributed by atoms with Crippen molar-refractivity contribution in [3.8, 4) is 11.8 Å². The SMILES string of the molecule is Cc1cc(C(=O)Nc2cccc(C#Cc3cncc(C(=O)N=S(=O)(CCCO[Si](C)(C)C(C)(C)C)c4ccccc4)c3)c2)n(C)n1. The van der Waals surface area contributed by atoms with E-state index in [9.17, 15) is 13.8 Å². The van der Waals surface area contributed by atoms with E-state index in [1.54, 1.807) is 67.8 Å². The molecule has 0 radical (unpaired) electrons. The van der Waals surface area contributed by atoms with Crippen molar-refractivity contribution < 1.29 is 18.2 Å². The fourth-order valence-electron chi connectivity index (χ4n) is 4.30. The fourth-order valence-corrected chi connectivity index (χ4v) is 7.28. The molecule has 0 bridgehead atoms. The molecule has 46 heavy (non-hydrogen) atoms. The van der Waals surface area contributed by atoms with Crippen LogP contribution in [0.25, 0.3) is 0 Å². The van der Waals surface area contributed by atoms with Crippen LogP contribution in [0.2, 0.25) is 18.1 Å². The van der Waals surface area contributed by atoms with Crippen molar-refractivity contribution in [1.82, 2.24) is 14.8 Å². The Hall–Kier alpha value is -4.37. The second-order valence-corrected chi connectivity index (χ2v) is 19.7. The van der Waals surface area contributed by atoms with Gasteiger partial charge in [0.2, 0.25) is 0 Å². The van der Waals surface area contributed by atoms with Crippen LogP contribution in [0.5, 0.6) is 0 Å². The quantitative estimate of drug-likeness (QED) is 0.120. The van der Waals surface area contributed by atoms with Gasteiger partial charge in [0, 0.05) is 53.5 Å². The summed E-state index contributed by atoms with van der Waals surface area (Å²) < 4.78 is 26.3. The maximum Gasteiger partial charge on any atom is 0.286 e. The molecule has 0 saturated carbocycles. The predicted molar refractivity (Wildman–Crippen MR) is 185 cm³/mol. The van der Waals surface area contributed by atoms with E-state index in [-0.39, 0.29) is 22.3 Å². The number of hydrogen-bond acceptors (Lipinski definition) is 6. The Bertz CT molecular complexity index is 1910. The zero-order valence-corrected chi connectivity index (χ0v) is 29.3. The topological polar surface area (TPSA) is 116 Å². The zero-order chi connectivity index (χ0) is 33.5. The number of carbonyl (C=O) groups is 2. The number of anilines is 1. The van der Waals surface area contributed by atoms with Gasteiger partial charge in [-0.25, -0.2) is 4.21 Å². The Labute approximate surface area is 273 Å². The first-order valence-electron chi connectivity index (χ1n) is 15.0. The minimum Gasteiger partial charge on any atom is -0.417 e. The van der Waals surface area contributed by atoms with E-state index in [2.05, 4.69) is 65.5 Å². The molecule has 0 aliphatic heterocycles. The van der Waals surface area contributed by atoms with E-state index in [1.807, 2.05) is 19.1 Å². The highest BCUT2D eigenvalue weighted by Gasteiger charge is 2.37. The molecular weight excluding hydrogens is 615 g/mol. The summed E-state index contributed by atoms with van der Waals surface area (Å²) in [4.78, 5) is 30.8. The summed E-state index contributed by atoms with van der Waals surface area (Å²) >= 11 is 0. The van der Waals surface area contributed by atoms with Gasteiger partial charge >= 0.3 is 0 Å². The third-order valence-corrected chi connectivity index (χ3v) is 14.7. The maximum atomic E-state index is 14.2. The summed E-state index contributed by atoms with van der Waals surface area (Å²) in [6.07, 6.45) is 3.45. The second-order valence-electron chi connectivity index (χ2n) is 12.6. The molecule has 2 aromatic heterocycles. The Kier molecular flexibility index (Phi) is 10.8. The fraction of sp³-hybridized carbons (Fsp3) is 0.314. The first-order valence-corrected chi connectivity index (χ1v) is 19.6. The van der Waals surface area contributed by atoms with Gasteiger partial charge in [0.1, 0.15) is 5.69 Å². The molecule has 240 valence electrons. The number of nitrogens with one attached hydrogen (secondary N) is 1. The van der Waals surface area contributed by atoms with Crippen LogP contribution in [0.1, 0.15) is 64.9 Å². The Morgan fingerprint density at radius 2 is 1.72 bits per heavy atom. The largest absolute Gasteiger partial charge is 0.417 e. The number of hydrogen-bond donors (Lipinski definition) is 1. The van der Waals surface area contributed by atoms with Crippen molar-refractivity contribution in [2.45, 2.75) is 57.1 Å². The van der Waals surface area contributed by atoms with Crippen LogP contribution in [0.15, 0.2) is 88.4 Å². The standard InChI is InChI=1S/C35H41N5O4SSi/c1-26-21-32(40(5)38-26)34(42)37-30-14-11-13-27(23-30)17-18-28-22-29(25-36-24-28)33(41)39-45(43,31-15-9-8-10-16-31)20-12-19-44-46(6,7)35(2,3)4/h8-11,13-16,21-25H,12,19-20H2,1-7H3,(H,37,42). The minimum atomic E-state index is -3.07. The average Bonchev–Trinajstić information content (AvgIpc) is 3.36. The lowest BCUT2D eigenvalue weighted by molar-refractivity contribution is 0.0999. The number of aryl methyl sites for hydroxylation is 2. The first kappa shape index (κ1) is 34.5. The number of carbonyl (C=O) groups excluding carboxylic acids is 2. The summed E-state index contributed by atoms with van der Waals surface area (Å²) in [6.45, 7) is 13.2. The number of benzene rings is 2. The van der Waals surface area contributed by atoms with Crippen molar-refractivity contribution in [2.24, 2.45) is 11.4 Å². The predicted octanol–water partition coefficient (Wildman–Crippen LogP) is 6.85. The van der Waals surface area contributed by atoms with Gasteiger partial charge in [0.25, 0.3) is 11.8 Å². The summed E-state index contributed by atoms with van der Waals surface area (Å²) in [5.41, 5.74) is 3.13. The highest BCUT2D eigenvalue weighted by molar-refractivity contribution is 7.94. The van der Waals surface area contributed by atoms with E-state index in [0.717, 1.165) is 5.69 Å². The molecule has 0 saturated heterocycles. The highest BCUT2D eigenvalue weighted by atomic mass is 32.2. The summed E-state index contributed by atoms with van der Waals surface area (Å²) in [5.74, 6) is 5.38. The summed E-state index contributed by atoms with van der Waals surface area (Å²) in [7, 11) is -3.31. The number of pyridine rings is 1. The maximum absolute atomic E-state index is 14.2. The van der Waals surface area contributed by atoms with Crippen LogP contribution < -0.4 is 5.32 Å². The van der Waals surface area contributed by atoms with Gasteiger partial charge in [-0.1, -0.05) is 56.9 Å². The van der Waals surface area contributed by atoms with Crippen molar-refractivity contribution >= 4 is 35.5 Å². The zero-order valence-electron chi connectivity index (χ0n) is 27.5. The Morgan fingerprint density at radius 1 is 1.00 bits per heavy atom. The monoisotopic (exact) mass is 655 g/mol. The Morgan fingerprint density at radius 3 is 2.39 bits per heavy atom. The van der Waals surface area contributed by atoms with E-state index < -0.39 is 24.0 Å². The molecule has 2 amide bonds.